The summed E-state index contributed by atoms with van der Waals surface area (Å²) in [6.07, 6.45) is 7.83. The number of fused-ring (bicyclic) bond motifs is 4. The van der Waals surface area contributed by atoms with E-state index in [1.54, 1.807) is 0 Å². The van der Waals surface area contributed by atoms with Gasteiger partial charge in [-0.2, -0.15) is 0 Å². The largest absolute Gasteiger partial charge is 0.318 e. The Balaban J connectivity index is 1.49. The zero-order valence-electron chi connectivity index (χ0n) is 16.7. The molecule has 2 nitrogen and oxygen atoms in total. The maximum Gasteiger partial charge on any atom is 0.244 e. The van der Waals surface area contributed by atoms with E-state index in [0.717, 1.165) is 24.7 Å². The van der Waals surface area contributed by atoms with E-state index in [2.05, 4.69) is 41.5 Å². The first-order valence-corrected chi connectivity index (χ1v) is 13.8. The van der Waals surface area contributed by atoms with Crippen molar-refractivity contribution in [3.05, 3.63) is 0 Å². The lowest BCUT2D eigenvalue weighted by atomic mass is 9.70. The van der Waals surface area contributed by atoms with Crippen LogP contribution in [0.1, 0.15) is 80.1 Å². The second kappa shape index (κ2) is 5.50. The van der Waals surface area contributed by atoms with E-state index in [1.165, 1.54) is 25.7 Å². The van der Waals surface area contributed by atoms with Crippen molar-refractivity contribution in [3.8, 4) is 0 Å². The summed E-state index contributed by atoms with van der Waals surface area (Å²) in [5, 5.41) is 0. The molecule has 144 valence electrons. The molecule has 0 unspecified atom stereocenters. The van der Waals surface area contributed by atoms with Crippen LogP contribution in [0.3, 0.4) is 0 Å². The van der Waals surface area contributed by atoms with Gasteiger partial charge in [-0.1, -0.05) is 53.8 Å². The molecule has 0 aromatic rings. The highest BCUT2D eigenvalue weighted by molar-refractivity contribution is 8.60. The van der Waals surface area contributed by atoms with Crippen molar-refractivity contribution >= 4 is 29.7 Å². The summed E-state index contributed by atoms with van der Waals surface area (Å²) in [6.45, 7) is 14.4. The summed E-state index contributed by atoms with van der Waals surface area (Å²) in [4.78, 5) is 0. The maximum absolute atomic E-state index is 6.52. The fourth-order valence-corrected chi connectivity index (χ4v) is 9.56. The zero-order valence-corrected chi connectivity index (χ0v) is 19.3. The van der Waals surface area contributed by atoms with Crippen LogP contribution in [-0.2, 0) is 20.9 Å². The van der Waals surface area contributed by atoms with Crippen molar-refractivity contribution in [1.29, 1.82) is 0 Å². The van der Waals surface area contributed by atoms with Crippen LogP contribution in [0.5, 0.6) is 0 Å². The monoisotopic (exact) mass is 402 g/mol. The van der Waals surface area contributed by atoms with Crippen LogP contribution >= 0.6 is 17.9 Å². The minimum Gasteiger partial charge on any atom is -0.318 e. The molecule has 0 amide bonds. The number of rotatable bonds is 4. The van der Waals surface area contributed by atoms with Crippen molar-refractivity contribution in [3.63, 3.8) is 0 Å². The molecule has 5 heteroatoms. The Hall–Kier alpha value is 0.920. The van der Waals surface area contributed by atoms with Crippen LogP contribution in [0, 0.1) is 33.5 Å². The Morgan fingerprint density at radius 2 is 1.16 bits per heavy atom. The highest BCUT2D eigenvalue weighted by atomic mass is 32.9. The van der Waals surface area contributed by atoms with Crippen LogP contribution in [0.25, 0.3) is 0 Å². The van der Waals surface area contributed by atoms with Crippen molar-refractivity contribution in [2.45, 2.75) is 92.3 Å². The molecule has 0 aromatic carbocycles. The molecule has 25 heavy (non-hydrogen) atoms. The van der Waals surface area contributed by atoms with Gasteiger partial charge in [-0.05, 0) is 83.8 Å². The van der Waals surface area contributed by atoms with Crippen molar-refractivity contribution < 1.29 is 9.05 Å². The average molecular weight is 403 g/mol. The molecule has 0 heterocycles. The van der Waals surface area contributed by atoms with Gasteiger partial charge in [-0.3, -0.25) is 0 Å². The third kappa shape index (κ3) is 2.46. The Labute approximate surface area is 164 Å². The second-order valence-corrected chi connectivity index (χ2v) is 16.1. The van der Waals surface area contributed by atoms with Crippen LogP contribution < -0.4 is 0 Å². The van der Waals surface area contributed by atoms with E-state index in [0.29, 0.717) is 10.8 Å². The minimum atomic E-state index is -2.52. The Morgan fingerprint density at radius 1 is 0.800 bits per heavy atom. The molecule has 0 saturated heterocycles. The topological polar surface area (TPSA) is 18.5 Å². The Morgan fingerprint density at radius 3 is 1.40 bits per heavy atom. The predicted octanol–water partition coefficient (Wildman–Crippen LogP) is 6.60. The average Bonchev–Trinajstić information content (AvgIpc) is 2.98. The smallest absolute Gasteiger partial charge is 0.244 e. The van der Waals surface area contributed by atoms with Gasteiger partial charge in [0.2, 0.25) is 5.69 Å². The molecule has 4 fully saturated rings. The fraction of sp³-hybridized carbons (Fsp3) is 1.00. The van der Waals surface area contributed by atoms with Gasteiger partial charge in [0.05, 0.1) is 12.2 Å². The zero-order chi connectivity index (χ0) is 18.5. The molecule has 0 N–H and O–H groups in total. The molecule has 0 aliphatic heterocycles. The summed E-state index contributed by atoms with van der Waals surface area (Å²) in [5.41, 5.74) is -1.42. The van der Waals surface area contributed by atoms with Gasteiger partial charge in [0.25, 0.3) is 0 Å². The van der Waals surface area contributed by atoms with E-state index in [9.17, 15) is 0 Å². The number of hydrogen-bond acceptors (Lipinski definition) is 3. The van der Waals surface area contributed by atoms with E-state index < -0.39 is 5.69 Å². The maximum atomic E-state index is 6.52. The van der Waals surface area contributed by atoms with Crippen LogP contribution in [0.2, 0.25) is 0 Å². The fourth-order valence-electron chi connectivity index (χ4n) is 6.93. The lowest BCUT2D eigenvalue weighted by molar-refractivity contribution is 0.00167. The standard InChI is InChI=1S/C20H35O2PS2/c1-17(2)13-7-9-19(17,5)15(11-13)21-23(24,25)22-16-12-14-8-10-20(16,6)18(14,3)4/h13-16H,7-12H2,1-6H3,(H,24,25)/t13-,14-,15-,16-,19-,20-/m1/s1. The van der Waals surface area contributed by atoms with E-state index in [1.807, 2.05) is 0 Å². The first kappa shape index (κ1) is 19.2. The van der Waals surface area contributed by atoms with E-state index in [4.69, 9.17) is 33.1 Å². The molecular weight excluding hydrogens is 367 g/mol. The molecule has 4 bridgehead atoms. The van der Waals surface area contributed by atoms with Crippen LogP contribution in [0.15, 0.2) is 0 Å². The van der Waals surface area contributed by atoms with Gasteiger partial charge < -0.3 is 9.05 Å². The molecule has 0 radical (unpaired) electrons. The third-order valence-electron chi connectivity index (χ3n) is 9.95. The van der Waals surface area contributed by atoms with Gasteiger partial charge in [0.1, 0.15) is 0 Å². The van der Waals surface area contributed by atoms with Crippen molar-refractivity contribution in [2.75, 3.05) is 0 Å². The summed E-state index contributed by atoms with van der Waals surface area (Å²) < 4.78 is 13.0. The number of hydrogen-bond donors (Lipinski definition) is 1. The SMILES string of the molecule is CC1(C)[C@@H]2CC[C@]1(C)[C@H](OP(=S)(S)O[C@@H]1C[C@H]3CC[C@@]1(C)C3(C)C)C2. The second-order valence-electron chi connectivity index (χ2n) is 10.9. The van der Waals surface area contributed by atoms with Gasteiger partial charge in [-0.25, -0.2) is 0 Å². The van der Waals surface area contributed by atoms with E-state index in [-0.39, 0.29) is 23.0 Å². The first-order chi connectivity index (χ1) is 11.3. The van der Waals surface area contributed by atoms with Gasteiger partial charge in [-0.15, -0.1) is 0 Å². The summed E-state index contributed by atoms with van der Waals surface area (Å²) in [7, 11) is 0. The summed E-state index contributed by atoms with van der Waals surface area (Å²) in [6, 6.07) is 0. The van der Waals surface area contributed by atoms with Crippen LogP contribution in [0.4, 0.5) is 0 Å². The molecule has 6 atom stereocenters. The van der Waals surface area contributed by atoms with Gasteiger partial charge in [0, 0.05) is 0 Å². The molecule has 0 aromatic heterocycles. The normalized spacial score (nSPS) is 49.9. The minimum absolute atomic E-state index is 0.212. The molecule has 4 saturated carbocycles. The molecule has 0 spiro atoms. The molecule has 4 aliphatic carbocycles. The molecule has 4 rings (SSSR count). The highest BCUT2D eigenvalue weighted by Crippen LogP contribution is 2.73. The quantitative estimate of drug-likeness (QED) is 0.422. The van der Waals surface area contributed by atoms with Gasteiger partial charge in [0.15, 0.2) is 0 Å². The predicted molar refractivity (Wildman–Crippen MR) is 111 cm³/mol. The lowest BCUT2D eigenvalue weighted by Crippen LogP contribution is -2.38. The highest BCUT2D eigenvalue weighted by Gasteiger charge is 2.64. The molecular formula is C20H35O2PS2. The summed E-state index contributed by atoms with van der Waals surface area (Å²) in [5.74, 6) is 1.51. The Kier molecular flexibility index (Phi) is 4.23. The Bertz CT molecular complexity index is 583. The first-order valence-electron chi connectivity index (χ1n) is 10.0. The summed E-state index contributed by atoms with van der Waals surface area (Å²) >= 11 is 10.6. The van der Waals surface area contributed by atoms with Crippen molar-refractivity contribution in [1.82, 2.24) is 0 Å². The lowest BCUT2D eigenvalue weighted by Gasteiger charge is -2.42. The third-order valence-corrected chi connectivity index (χ3v) is 12.1. The van der Waals surface area contributed by atoms with Gasteiger partial charge >= 0.3 is 0 Å². The van der Waals surface area contributed by atoms with E-state index >= 15 is 0 Å². The van der Waals surface area contributed by atoms with Crippen molar-refractivity contribution in [2.24, 2.45) is 33.5 Å². The van der Waals surface area contributed by atoms with Crippen LogP contribution in [-0.4, -0.2) is 12.2 Å². The molecule has 4 aliphatic rings. The number of thiol groups is 1.